The summed E-state index contributed by atoms with van der Waals surface area (Å²) in [5.74, 6) is 2.36. The Kier molecular flexibility index (Phi) is 4.56. The van der Waals surface area contributed by atoms with Gasteiger partial charge in [-0.25, -0.2) is 8.42 Å². The van der Waals surface area contributed by atoms with Crippen LogP contribution in [0.15, 0.2) is 14.1 Å². The summed E-state index contributed by atoms with van der Waals surface area (Å²) >= 11 is 4.52. The second-order valence-electron chi connectivity index (χ2n) is 3.16. The minimum Gasteiger partial charge on any atom is -0.206 e. The van der Waals surface area contributed by atoms with Crippen LogP contribution in [0.1, 0.15) is 12.5 Å². The van der Waals surface area contributed by atoms with E-state index in [2.05, 4.69) is 21.9 Å². The third-order valence-electron chi connectivity index (χ3n) is 2.05. The maximum atomic E-state index is 12.1. The zero-order valence-electron chi connectivity index (χ0n) is 9.03. The van der Waals surface area contributed by atoms with E-state index in [0.29, 0.717) is 10.8 Å². The molecular weight excluding hydrogens is 310 g/mol. The molecule has 0 aliphatic heterocycles. The fraction of sp³-hybridized carbons (Fsp3) is 0.400. The van der Waals surface area contributed by atoms with Gasteiger partial charge in [0, 0.05) is 6.54 Å². The van der Waals surface area contributed by atoms with Gasteiger partial charge in [-0.05, 0) is 34.5 Å². The van der Waals surface area contributed by atoms with Gasteiger partial charge in [-0.15, -0.1) is 17.8 Å². The molecule has 0 unspecified atom stereocenters. The molecule has 0 aromatic carbocycles. The number of halogens is 1. The van der Waals surface area contributed by atoms with Crippen molar-refractivity contribution in [1.82, 2.24) is 4.31 Å². The highest BCUT2D eigenvalue weighted by atomic mass is 79.9. The fourth-order valence-corrected chi connectivity index (χ4v) is 4.90. The zero-order chi connectivity index (χ0) is 12.3. The van der Waals surface area contributed by atoms with Gasteiger partial charge in [0.2, 0.25) is 0 Å². The molecule has 1 rings (SSSR count). The van der Waals surface area contributed by atoms with Crippen LogP contribution < -0.4 is 0 Å². The largest absolute Gasteiger partial charge is 0.253 e. The van der Waals surface area contributed by atoms with E-state index in [9.17, 15) is 8.42 Å². The lowest BCUT2D eigenvalue weighted by atomic mass is 10.4. The lowest BCUT2D eigenvalue weighted by Crippen LogP contribution is -2.30. The predicted molar refractivity (Wildman–Crippen MR) is 70.0 cm³/mol. The molecule has 0 fully saturated rings. The van der Waals surface area contributed by atoms with E-state index in [1.54, 1.807) is 13.0 Å². The van der Waals surface area contributed by atoms with Gasteiger partial charge in [0.05, 0.1) is 10.3 Å². The van der Waals surface area contributed by atoms with Gasteiger partial charge in [0.15, 0.2) is 0 Å². The third-order valence-corrected chi connectivity index (χ3v) is 6.56. The van der Waals surface area contributed by atoms with Gasteiger partial charge in [-0.1, -0.05) is 12.8 Å². The maximum Gasteiger partial charge on any atom is 0.253 e. The van der Waals surface area contributed by atoms with Gasteiger partial charge in [0.25, 0.3) is 10.0 Å². The van der Waals surface area contributed by atoms with Gasteiger partial charge >= 0.3 is 0 Å². The van der Waals surface area contributed by atoms with E-state index >= 15 is 0 Å². The molecule has 0 radical (unpaired) electrons. The highest BCUT2D eigenvalue weighted by Gasteiger charge is 2.24. The van der Waals surface area contributed by atoms with Crippen molar-refractivity contribution < 1.29 is 8.42 Å². The van der Waals surface area contributed by atoms with Crippen LogP contribution in [0.25, 0.3) is 0 Å². The molecule has 0 amide bonds. The first-order chi connectivity index (χ1) is 7.43. The normalized spacial score (nSPS) is 11.7. The molecule has 0 bridgehead atoms. The summed E-state index contributed by atoms with van der Waals surface area (Å²) in [4.78, 5) is 0. The van der Waals surface area contributed by atoms with Gasteiger partial charge in [-0.2, -0.15) is 4.31 Å². The topological polar surface area (TPSA) is 37.4 Å². The number of hydrogen-bond donors (Lipinski definition) is 0. The minimum atomic E-state index is -3.44. The van der Waals surface area contributed by atoms with Crippen LogP contribution in [0.2, 0.25) is 0 Å². The second kappa shape index (κ2) is 5.32. The third kappa shape index (κ3) is 2.66. The Bertz CT molecular complexity index is 494. The lowest BCUT2D eigenvalue weighted by Gasteiger charge is -2.16. The van der Waals surface area contributed by atoms with E-state index < -0.39 is 10.0 Å². The van der Waals surface area contributed by atoms with Crippen molar-refractivity contribution >= 4 is 37.3 Å². The fourth-order valence-electron chi connectivity index (χ4n) is 1.15. The van der Waals surface area contributed by atoms with Crippen molar-refractivity contribution in [3.05, 3.63) is 15.4 Å². The standard InChI is InChI=1S/C10H12BrNO2S2/c1-4-6-12(5-2)16(13,14)9-7-8(3)10(11)15-9/h1,7H,5-6H2,2-3H3. The molecule has 0 saturated carbocycles. The first kappa shape index (κ1) is 13.7. The van der Waals surface area contributed by atoms with E-state index in [-0.39, 0.29) is 6.54 Å². The molecule has 88 valence electrons. The molecule has 0 saturated heterocycles. The molecule has 0 atom stereocenters. The van der Waals surface area contributed by atoms with Crippen molar-refractivity contribution in [3.8, 4) is 12.3 Å². The summed E-state index contributed by atoms with van der Waals surface area (Å²) in [5.41, 5.74) is 0.917. The molecule has 6 heteroatoms. The zero-order valence-corrected chi connectivity index (χ0v) is 12.2. The van der Waals surface area contributed by atoms with Crippen LogP contribution in [0.5, 0.6) is 0 Å². The van der Waals surface area contributed by atoms with Crippen molar-refractivity contribution in [3.63, 3.8) is 0 Å². The van der Waals surface area contributed by atoms with Crippen LogP contribution >= 0.6 is 27.3 Å². The number of nitrogens with zero attached hydrogens (tertiary/aromatic N) is 1. The first-order valence-corrected chi connectivity index (χ1v) is 7.68. The smallest absolute Gasteiger partial charge is 0.206 e. The molecule has 1 aromatic rings. The Morgan fingerprint density at radius 1 is 1.62 bits per heavy atom. The predicted octanol–water partition coefficient (Wildman–Crippen LogP) is 2.46. The lowest BCUT2D eigenvalue weighted by molar-refractivity contribution is 0.466. The SMILES string of the molecule is C#CCN(CC)S(=O)(=O)c1cc(C)c(Br)s1. The number of aryl methyl sites for hydroxylation is 1. The Morgan fingerprint density at radius 3 is 2.62 bits per heavy atom. The average Bonchev–Trinajstić information content (AvgIpc) is 2.56. The van der Waals surface area contributed by atoms with Crippen molar-refractivity contribution in [2.75, 3.05) is 13.1 Å². The summed E-state index contributed by atoms with van der Waals surface area (Å²) in [6, 6.07) is 1.66. The molecule has 0 N–H and O–H groups in total. The van der Waals surface area contributed by atoms with E-state index in [0.717, 1.165) is 9.35 Å². The number of terminal acetylenes is 1. The van der Waals surface area contributed by atoms with Gasteiger partial charge in [-0.3, -0.25) is 0 Å². The highest BCUT2D eigenvalue weighted by molar-refractivity contribution is 9.11. The molecule has 1 aromatic heterocycles. The van der Waals surface area contributed by atoms with Gasteiger partial charge in [0.1, 0.15) is 4.21 Å². The van der Waals surface area contributed by atoms with E-state index in [4.69, 9.17) is 6.42 Å². The summed E-state index contributed by atoms with van der Waals surface area (Å²) < 4.78 is 26.7. The number of rotatable bonds is 4. The Labute approximate surface area is 109 Å². The summed E-state index contributed by atoms with van der Waals surface area (Å²) in [6.45, 7) is 4.11. The summed E-state index contributed by atoms with van der Waals surface area (Å²) in [7, 11) is -3.44. The minimum absolute atomic E-state index is 0.105. The monoisotopic (exact) mass is 321 g/mol. The Hall–Kier alpha value is -0.350. The van der Waals surface area contributed by atoms with Gasteiger partial charge < -0.3 is 0 Å². The molecule has 16 heavy (non-hydrogen) atoms. The summed E-state index contributed by atoms with van der Waals surface area (Å²) in [6.07, 6.45) is 5.15. The van der Waals surface area contributed by atoms with Crippen LogP contribution in [0.4, 0.5) is 0 Å². The van der Waals surface area contributed by atoms with Crippen molar-refractivity contribution in [2.24, 2.45) is 0 Å². The number of sulfonamides is 1. The molecular formula is C10H12BrNO2S2. The van der Waals surface area contributed by atoms with Crippen LogP contribution in [-0.2, 0) is 10.0 Å². The average molecular weight is 322 g/mol. The quantitative estimate of drug-likeness (QED) is 0.799. The molecule has 1 heterocycles. The maximum absolute atomic E-state index is 12.1. The molecule has 0 aliphatic rings. The molecule has 0 aliphatic carbocycles. The van der Waals surface area contributed by atoms with Crippen molar-refractivity contribution in [2.45, 2.75) is 18.1 Å². The van der Waals surface area contributed by atoms with Crippen LogP contribution in [0, 0.1) is 19.3 Å². The van der Waals surface area contributed by atoms with Crippen LogP contribution in [0.3, 0.4) is 0 Å². The Balaban J connectivity index is 3.15. The first-order valence-electron chi connectivity index (χ1n) is 4.63. The summed E-state index contributed by atoms with van der Waals surface area (Å²) in [5, 5.41) is 0. The second-order valence-corrected chi connectivity index (χ2v) is 7.69. The number of thiophene rings is 1. The molecule has 0 spiro atoms. The molecule has 3 nitrogen and oxygen atoms in total. The van der Waals surface area contributed by atoms with Crippen LogP contribution in [-0.4, -0.2) is 25.8 Å². The Morgan fingerprint density at radius 2 is 2.25 bits per heavy atom. The van der Waals surface area contributed by atoms with E-state index in [1.165, 1.54) is 15.6 Å². The highest BCUT2D eigenvalue weighted by Crippen LogP contribution is 2.32. The van der Waals surface area contributed by atoms with Crippen molar-refractivity contribution in [1.29, 1.82) is 0 Å². The number of hydrogen-bond acceptors (Lipinski definition) is 3. The van der Waals surface area contributed by atoms with E-state index in [1.807, 2.05) is 6.92 Å².